The predicted molar refractivity (Wildman–Crippen MR) is 76.9 cm³/mol. The van der Waals surface area contributed by atoms with Crippen molar-refractivity contribution in [2.45, 2.75) is 62.7 Å². The highest BCUT2D eigenvalue weighted by Gasteiger charge is 2.38. The molecule has 18 heavy (non-hydrogen) atoms. The molecule has 0 spiro atoms. The molecule has 2 saturated carbocycles. The molecule has 4 nitrogen and oxygen atoms in total. The fourth-order valence-corrected chi connectivity index (χ4v) is 5.63. The molecule has 0 heterocycles. The van der Waals surface area contributed by atoms with E-state index in [0.29, 0.717) is 0 Å². The van der Waals surface area contributed by atoms with Crippen LogP contribution in [0.25, 0.3) is 0 Å². The summed E-state index contributed by atoms with van der Waals surface area (Å²) < 4.78 is 26.9. The molecule has 2 rings (SSSR count). The van der Waals surface area contributed by atoms with Crippen LogP contribution in [-0.2, 0) is 10.0 Å². The first-order valence-electron chi connectivity index (χ1n) is 6.81. The largest absolute Gasteiger partial charge is 0.392 e. The summed E-state index contributed by atoms with van der Waals surface area (Å²) in [4.78, 5) is 0.281. The van der Waals surface area contributed by atoms with Gasteiger partial charge in [-0.15, -0.1) is 0 Å². The van der Waals surface area contributed by atoms with Gasteiger partial charge in [0.1, 0.15) is 0 Å². The van der Waals surface area contributed by atoms with Crippen LogP contribution in [0.1, 0.15) is 51.4 Å². The van der Waals surface area contributed by atoms with Crippen molar-refractivity contribution in [3.05, 3.63) is 0 Å². The number of hydrogen-bond acceptors (Lipinski definition) is 3. The smallest absolute Gasteiger partial charge is 0.217 e. The van der Waals surface area contributed by atoms with Crippen LogP contribution in [0.4, 0.5) is 0 Å². The molecular weight excluding hydrogens is 268 g/mol. The molecule has 0 unspecified atom stereocenters. The van der Waals surface area contributed by atoms with E-state index < -0.39 is 10.0 Å². The summed E-state index contributed by atoms with van der Waals surface area (Å²) in [6.07, 6.45) is 7.76. The van der Waals surface area contributed by atoms with Gasteiger partial charge in [-0.25, -0.2) is 8.42 Å². The highest BCUT2D eigenvalue weighted by Crippen LogP contribution is 2.32. The Kier molecular flexibility index (Phi) is 4.61. The molecule has 2 aliphatic rings. The van der Waals surface area contributed by atoms with E-state index in [4.69, 9.17) is 18.0 Å². The van der Waals surface area contributed by atoms with Gasteiger partial charge in [0.05, 0.1) is 16.8 Å². The summed E-state index contributed by atoms with van der Waals surface area (Å²) in [5.74, 6) is 0. The zero-order valence-electron chi connectivity index (χ0n) is 10.7. The Morgan fingerprint density at radius 3 is 2.11 bits per heavy atom. The summed E-state index contributed by atoms with van der Waals surface area (Å²) >= 11 is 4.92. The van der Waals surface area contributed by atoms with Crippen LogP contribution < -0.4 is 5.73 Å². The van der Waals surface area contributed by atoms with Crippen LogP contribution >= 0.6 is 12.2 Å². The molecule has 0 aromatic heterocycles. The quantitative estimate of drug-likeness (QED) is 0.784. The van der Waals surface area contributed by atoms with E-state index in [-0.39, 0.29) is 22.8 Å². The Bertz CT molecular complexity index is 396. The SMILES string of the molecule is NC(=S)CN(C1CCCC1)S(=O)(=O)C1CCCC1. The van der Waals surface area contributed by atoms with Gasteiger partial charge in [-0.1, -0.05) is 37.9 Å². The minimum Gasteiger partial charge on any atom is -0.392 e. The molecule has 0 bridgehead atoms. The lowest BCUT2D eigenvalue weighted by atomic mass is 10.2. The highest BCUT2D eigenvalue weighted by atomic mass is 32.2. The van der Waals surface area contributed by atoms with Crippen LogP contribution in [0.2, 0.25) is 0 Å². The lowest BCUT2D eigenvalue weighted by Gasteiger charge is -2.30. The summed E-state index contributed by atoms with van der Waals surface area (Å²) in [6.45, 7) is 0.221. The number of nitrogens with zero attached hydrogens (tertiary/aromatic N) is 1. The Hall–Kier alpha value is -0.200. The number of hydrogen-bond donors (Lipinski definition) is 1. The van der Waals surface area contributed by atoms with Crippen molar-refractivity contribution in [3.63, 3.8) is 0 Å². The normalized spacial score (nSPS) is 22.9. The maximum Gasteiger partial charge on any atom is 0.217 e. The first-order chi connectivity index (χ1) is 8.51. The van der Waals surface area contributed by atoms with E-state index in [1.165, 1.54) is 0 Å². The van der Waals surface area contributed by atoms with Crippen molar-refractivity contribution in [1.82, 2.24) is 4.31 Å². The molecule has 0 aromatic rings. The molecule has 0 aliphatic heterocycles. The average molecular weight is 290 g/mol. The second-order valence-corrected chi connectivity index (χ2v) is 8.09. The molecule has 0 saturated heterocycles. The molecule has 2 fully saturated rings. The third-order valence-electron chi connectivity index (χ3n) is 4.09. The van der Waals surface area contributed by atoms with Crippen LogP contribution in [0.15, 0.2) is 0 Å². The summed E-state index contributed by atoms with van der Waals surface area (Å²) in [7, 11) is -3.21. The molecule has 0 aromatic carbocycles. The minimum atomic E-state index is -3.21. The van der Waals surface area contributed by atoms with Gasteiger partial charge in [0.2, 0.25) is 10.0 Å². The van der Waals surface area contributed by atoms with Crippen molar-refractivity contribution in [3.8, 4) is 0 Å². The Morgan fingerprint density at radius 1 is 1.11 bits per heavy atom. The molecule has 2 aliphatic carbocycles. The second kappa shape index (κ2) is 5.84. The first kappa shape index (κ1) is 14.2. The van der Waals surface area contributed by atoms with Crippen molar-refractivity contribution < 1.29 is 8.42 Å². The van der Waals surface area contributed by atoms with Gasteiger partial charge in [0.25, 0.3) is 0 Å². The maximum atomic E-state index is 12.7. The van der Waals surface area contributed by atoms with Gasteiger partial charge in [-0.3, -0.25) is 0 Å². The molecule has 0 amide bonds. The predicted octanol–water partition coefficient (Wildman–Crippen LogP) is 1.79. The van der Waals surface area contributed by atoms with E-state index in [1.807, 2.05) is 0 Å². The van der Waals surface area contributed by atoms with Crippen LogP contribution in [-0.4, -0.2) is 35.5 Å². The van der Waals surface area contributed by atoms with Crippen molar-refractivity contribution >= 4 is 27.2 Å². The van der Waals surface area contributed by atoms with E-state index in [9.17, 15) is 8.42 Å². The van der Waals surface area contributed by atoms with Crippen LogP contribution in [0.3, 0.4) is 0 Å². The van der Waals surface area contributed by atoms with Gasteiger partial charge >= 0.3 is 0 Å². The maximum absolute atomic E-state index is 12.7. The van der Waals surface area contributed by atoms with E-state index >= 15 is 0 Å². The van der Waals surface area contributed by atoms with E-state index in [1.54, 1.807) is 4.31 Å². The second-order valence-electron chi connectivity index (χ2n) is 5.40. The Balaban J connectivity index is 2.18. The number of nitrogens with two attached hydrogens (primary N) is 1. The summed E-state index contributed by atoms with van der Waals surface area (Å²) in [5, 5.41) is -0.201. The number of thiocarbonyl (C=S) groups is 1. The lowest BCUT2D eigenvalue weighted by Crippen LogP contribution is -2.47. The first-order valence-corrected chi connectivity index (χ1v) is 8.72. The lowest BCUT2D eigenvalue weighted by molar-refractivity contribution is 0.349. The van der Waals surface area contributed by atoms with Gasteiger partial charge < -0.3 is 5.73 Å². The third kappa shape index (κ3) is 3.03. The van der Waals surface area contributed by atoms with Crippen molar-refractivity contribution in [2.75, 3.05) is 6.54 Å². The zero-order valence-corrected chi connectivity index (χ0v) is 12.3. The van der Waals surface area contributed by atoms with Gasteiger partial charge in [0, 0.05) is 6.04 Å². The van der Waals surface area contributed by atoms with Crippen LogP contribution in [0, 0.1) is 0 Å². The minimum absolute atomic E-state index is 0.122. The van der Waals surface area contributed by atoms with Gasteiger partial charge in [-0.05, 0) is 25.7 Å². The fourth-order valence-electron chi connectivity index (χ4n) is 3.15. The number of rotatable bonds is 5. The highest BCUT2D eigenvalue weighted by molar-refractivity contribution is 7.89. The third-order valence-corrected chi connectivity index (χ3v) is 6.62. The van der Waals surface area contributed by atoms with E-state index in [2.05, 4.69) is 0 Å². The fraction of sp³-hybridized carbons (Fsp3) is 0.917. The summed E-state index contributed by atoms with van der Waals surface area (Å²) in [6, 6.07) is 0.122. The monoisotopic (exact) mass is 290 g/mol. The standard InChI is InChI=1S/C12H22N2O2S2/c13-12(17)9-14(10-5-1-2-6-10)18(15,16)11-7-3-4-8-11/h10-11H,1-9H2,(H2,13,17). The molecular formula is C12H22N2O2S2. The van der Waals surface area contributed by atoms with E-state index in [0.717, 1.165) is 51.4 Å². The van der Waals surface area contributed by atoms with Gasteiger partial charge in [0.15, 0.2) is 0 Å². The molecule has 2 N–H and O–H groups in total. The Labute approximate surface area is 115 Å². The summed E-state index contributed by atoms with van der Waals surface area (Å²) in [5.41, 5.74) is 5.58. The average Bonchev–Trinajstić information content (AvgIpc) is 2.98. The van der Waals surface area contributed by atoms with Crippen molar-refractivity contribution in [1.29, 1.82) is 0 Å². The Morgan fingerprint density at radius 2 is 1.61 bits per heavy atom. The zero-order chi connectivity index (χ0) is 13.2. The molecule has 0 atom stereocenters. The number of sulfonamides is 1. The molecule has 6 heteroatoms. The van der Waals surface area contributed by atoms with Crippen molar-refractivity contribution in [2.24, 2.45) is 5.73 Å². The molecule has 0 radical (unpaired) electrons. The topological polar surface area (TPSA) is 63.4 Å². The molecule has 104 valence electrons. The van der Waals surface area contributed by atoms with Gasteiger partial charge in [-0.2, -0.15) is 4.31 Å². The van der Waals surface area contributed by atoms with Crippen LogP contribution in [0.5, 0.6) is 0 Å².